The number of rotatable bonds is 5. The van der Waals surface area contributed by atoms with Crippen LogP contribution in [0.3, 0.4) is 0 Å². The van der Waals surface area contributed by atoms with Crippen molar-refractivity contribution in [1.82, 2.24) is 5.32 Å². The van der Waals surface area contributed by atoms with Gasteiger partial charge >= 0.3 is 5.97 Å². The summed E-state index contributed by atoms with van der Waals surface area (Å²) in [4.78, 5) is 36.4. The third kappa shape index (κ3) is 2.60. The highest BCUT2D eigenvalue weighted by Crippen LogP contribution is 2.48. The number of amides is 1. The lowest BCUT2D eigenvalue weighted by Gasteiger charge is -2.30. The minimum Gasteiger partial charge on any atom is -0.479 e. The molecule has 2 N–H and O–H groups in total. The maximum absolute atomic E-state index is 12.8. The van der Waals surface area contributed by atoms with E-state index in [0.29, 0.717) is 18.4 Å². The molecule has 0 aromatic rings. The highest BCUT2D eigenvalue weighted by Gasteiger charge is 2.61. The number of hydrogen-bond acceptors (Lipinski definition) is 3. The van der Waals surface area contributed by atoms with Gasteiger partial charge in [0.05, 0.1) is 0 Å². The van der Waals surface area contributed by atoms with Crippen molar-refractivity contribution < 1.29 is 19.5 Å². The molecule has 3 aliphatic rings. The number of aliphatic carboxylic acids is 1. The Hall–Kier alpha value is -1.65. The van der Waals surface area contributed by atoms with Gasteiger partial charge in [0.15, 0.2) is 0 Å². The summed E-state index contributed by atoms with van der Waals surface area (Å²) < 4.78 is 0. The van der Waals surface area contributed by atoms with Crippen molar-refractivity contribution in [2.75, 3.05) is 0 Å². The van der Waals surface area contributed by atoms with Gasteiger partial charge in [0, 0.05) is 17.9 Å². The van der Waals surface area contributed by atoms with Crippen molar-refractivity contribution in [3.8, 4) is 0 Å². The summed E-state index contributed by atoms with van der Waals surface area (Å²) >= 11 is 0. The first-order valence-electron chi connectivity index (χ1n) is 8.73. The molecule has 3 aliphatic carbocycles. The molecule has 126 valence electrons. The van der Waals surface area contributed by atoms with E-state index in [2.05, 4.69) is 12.2 Å². The zero-order valence-electron chi connectivity index (χ0n) is 13.8. The van der Waals surface area contributed by atoms with Gasteiger partial charge in [0.1, 0.15) is 11.3 Å². The number of ketones is 1. The van der Waals surface area contributed by atoms with Gasteiger partial charge in [-0.05, 0) is 43.4 Å². The molecule has 1 amide bonds. The predicted octanol–water partition coefficient (Wildman–Crippen LogP) is 2.31. The molecule has 0 aromatic heterocycles. The Morgan fingerprint density at radius 1 is 1.30 bits per heavy atom. The third-order valence-electron chi connectivity index (χ3n) is 6.08. The minimum atomic E-state index is -1.09. The van der Waals surface area contributed by atoms with Crippen LogP contribution in [0.5, 0.6) is 0 Å². The van der Waals surface area contributed by atoms with Crippen molar-refractivity contribution in [2.45, 2.75) is 57.9 Å². The average molecular weight is 319 g/mol. The Balaban J connectivity index is 1.82. The first-order valence-corrected chi connectivity index (χ1v) is 8.73. The molecule has 0 heterocycles. The van der Waals surface area contributed by atoms with Crippen LogP contribution in [0.2, 0.25) is 0 Å². The van der Waals surface area contributed by atoms with E-state index in [4.69, 9.17) is 0 Å². The van der Waals surface area contributed by atoms with E-state index >= 15 is 0 Å². The second-order valence-corrected chi connectivity index (χ2v) is 7.28. The lowest BCUT2D eigenvalue weighted by atomic mass is 9.74. The third-order valence-corrected chi connectivity index (χ3v) is 6.08. The Bertz CT molecular complexity index is 582. The SMILES string of the molecule is CC[C@@H]1C=C(C(=O)N[C@]2(C(=O)O)C[C@H]2CC)[C@@H]2CCC(=O)[C@@H]2C1. The largest absolute Gasteiger partial charge is 0.479 e. The molecule has 0 saturated heterocycles. The molecule has 0 aromatic carbocycles. The Kier molecular flexibility index (Phi) is 4.07. The molecule has 0 radical (unpaired) electrons. The smallest absolute Gasteiger partial charge is 0.329 e. The summed E-state index contributed by atoms with van der Waals surface area (Å²) in [5.74, 6) is -0.774. The number of fused-ring (bicyclic) bond motifs is 1. The van der Waals surface area contributed by atoms with Crippen LogP contribution in [0.25, 0.3) is 0 Å². The van der Waals surface area contributed by atoms with Gasteiger partial charge in [-0.1, -0.05) is 26.3 Å². The van der Waals surface area contributed by atoms with Crippen LogP contribution in [0.4, 0.5) is 0 Å². The number of carbonyl (C=O) groups excluding carboxylic acids is 2. The molecule has 2 saturated carbocycles. The van der Waals surface area contributed by atoms with Crippen LogP contribution < -0.4 is 5.32 Å². The molecule has 5 nitrogen and oxygen atoms in total. The van der Waals surface area contributed by atoms with E-state index in [-0.39, 0.29) is 35.4 Å². The maximum atomic E-state index is 12.8. The van der Waals surface area contributed by atoms with Crippen molar-refractivity contribution in [3.63, 3.8) is 0 Å². The van der Waals surface area contributed by atoms with E-state index in [0.717, 1.165) is 25.7 Å². The van der Waals surface area contributed by atoms with Crippen LogP contribution in [0.15, 0.2) is 11.6 Å². The second-order valence-electron chi connectivity index (χ2n) is 7.28. The fourth-order valence-electron chi connectivity index (χ4n) is 4.44. The maximum Gasteiger partial charge on any atom is 0.329 e. The lowest BCUT2D eigenvalue weighted by Crippen LogP contribution is -2.47. The Morgan fingerprint density at radius 2 is 2.04 bits per heavy atom. The number of hydrogen-bond donors (Lipinski definition) is 2. The monoisotopic (exact) mass is 319 g/mol. The molecule has 23 heavy (non-hydrogen) atoms. The van der Waals surface area contributed by atoms with Gasteiger partial charge in [0.2, 0.25) is 5.91 Å². The first-order chi connectivity index (χ1) is 10.9. The number of allylic oxidation sites excluding steroid dienone is 1. The van der Waals surface area contributed by atoms with E-state index in [1.54, 1.807) is 0 Å². The number of carboxylic acids is 1. The molecular formula is C18H25NO4. The Labute approximate surface area is 136 Å². The van der Waals surface area contributed by atoms with Crippen LogP contribution in [0.1, 0.15) is 52.4 Å². The number of nitrogens with one attached hydrogen (secondary N) is 1. The minimum absolute atomic E-state index is 0.0103. The number of carbonyl (C=O) groups is 3. The van der Waals surface area contributed by atoms with Crippen LogP contribution in [-0.2, 0) is 14.4 Å². The van der Waals surface area contributed by atoms with Crippen molar-refractivity contribution in [3.05, 3.63) is 11.6 Å². The summed E-state index contributed by atoms with van der Waals surface area (Å²) in [7, 11) is 0. The summed E-state index contributed by atoms with van der Waals surface area (Å²) in [6.07, 6.45) is 6.23. The van der Waals surface area contributed by atoms with Crippen LogP contribution in [0, 0.1) is 23.7 Å². The molecule has 0 aliphatic heterocycles. The summed E-state index contributed by atoms with van der Waals surface area (Å²) in [5, 5.41) is 12.3. The quantitative estimate of drug-likeness (QED) is 0.814. The molecule has 3 rings (SSSR count). The van der Waals surface area contributed by atoms with Crippen molar-refractivity contribution in [1.29, 1.82) is 0 Å². The van der Waals surface area contributed by atoms with E-state index in [1.165, 1.54) is 0 Å². The molecular weight excluding hydrogens is 294 g/mol. The van der Waals surface area contributed by atoms with Gasteiger partial charge in [-0.15, -0.1) is 0 Å². The zero-order chi connectivity index (χ0) is 16.8. The topological polar surface area (TPSA) is 83.5 Å². The van der Waals surface area contributed by atoms with Gasteiger partial charge in [0.25, 0.3) is 0 Å². The molecule has 0 unspecified atom stereocenters. The summed E-state index contributed by atoms with van der Waals surface area (Å²) in [5.41, 5.74) is -0.439. The van der Waals surface area contributed by atoms with Gasteiger partial charge < -0.3 is 10.4 Å². The molecule has 5 heteroatoms. The van der Waals surface area contributed by atoms with Crippen LogP contribution in [-0.4, -0.2) is 28.3 Å². The van der Waals surface area contributed by atoms with Gasteiger partial charge in [-0.25, -0.2) is 4.79 Å². The molecule has 2 fully saturated rings. The zero-order valence-corrected chi connectivity index (χ0v) is 13.8. The van der Waals surface area contributed by atoms with Crippen molar-refractivity contribution >= 4 is 17.7 Å². The van der Waals surface area contributed by atoms with E-state index in [1.807, 2.05) is 13.0 Å². The summed E-state index contributed by atoms with van der Waals surface area (Å²) in [6.45, 7) is 4.00. The fourth-order valence-corrected chi connectivity index (χ4v) is 4.44. The van der Waals surface area contributed by atoms with Crippen LogP contribution >= 0.6 is 0 Å². The standard InChI is InChI=1S/C18H25NO4/c1-3-10-7-13-12(5-6-15(13)20)14(8-10)16(21)19-18(17(22)23)9-11(18)4-2/h8,10-13H,3-7,9H2,1-2H3,(H,19,21)(H,22,23)/t10-,11+,12+,13+,18+/m0/s1. The normalized spacial score (nSPS) is 38.7. The van der Waals surface area contributed by atoms with E-state index < -0.39 is 11.5 Å². The van der Waals surface area contributed by atoms with Gasteiger partial charge in [-0.3, -0.25) is 9.59 Å². The molecule has 0 spiro atoms. The molecule has 0 bridgehead atoms. The average Bonchev–Trinajstić information content (AvgIpc) is 3.14. The lowest BCUT2D eigenvalue weighted by molar-refractivity contribution is -0.143. The number of Topliss-reactive ketones (excluding diaryl/α,β-unsaturated/α-hetero) is 1. The number of carboxylic acid groups (broad SMARTS) is 1. The highest BCUT2D eigenvalue weighted by molar-refractivity contribution is 6.00. The fraction of sp³-hybridized carbons (Fsp3) is 0.722. The van der Waals surface area contributed by atoms with Gasteiger partial charge in [-0.2, -0.15) is 0 Å². The van der Waals surface area contributed by atoms with E-state index in [9.17, 15) is 19.5 Å². The Morgan fingerprint density at radius 3 is 2.61 bits per heavy atom. The molecule has 5 atom stereocenters. The van der Waals surface area contributed by atoms with Crippen molar-refractivity contribution in [2.24, 2.45) is 23.7 Å². The summed E-state index contributed by atoms with van der Waals surface area (Å²) in [6, 6.07) is 0. The first kappa shape index (κ1) is 16.2. The second kappa shape index (κ2) is 5.77. The highest BCUT2D eigenvalue weighted by atomic mass is 16.4. The predicted molar refractivity (Wildman–Crippen MR) is 84.6 cm³/mol.